The van der Waals surface area contributed by atoms with Gasteiger partial charge in [0.2, 0.25) is 0 Å². The first-order valence-corrected chi connectivity index (χ1v) is 5.66. The van der Waals surface area contributed by atoms with Crippen LogP contribution in [0.4, 0.5) is 0 Å². The molecule has 0 heterocycles. The number of phenols is 1. The molecule has 1 heteroatoms. The number of rotatable bonds is 4. The number of fused-ring (bicyclic) bond motifs is 1. The molecule has 1 N–H and O–H groups in total. The van der Waals surface area contributed by atoms with Gasteiger partial charge in [0.05, 0.1) is 0 Å². The van der Waals surface area contributed by atoms with E-state index in [1.54, 1.807) is 6.07 Å². The Labute approximate surface area is 96.7 Å². The van der Waals surface area contributed by atoms with E-state index < -0.39 is 0 Å². The molecule has 0 unspecified atom stereocenters. The Bertz CT molecular complexity index is 474. The predicted molar refractivity (Wildman–Crippen MR) is 68.2 cm³/mol. The van der Waals surface area contributed by atoms with Crippen molar-refractivity contribution in [3.63, 3.8) is 0 Å². The van der Waals surface area contributed by atoms with E-state index >= 15 is 0 Å². The molecule has 0 saturated heterocycles. The molecule has 0 aliphatic carbocycles. The largest absolute Gasteiger partial charge is 0.507 e. The second kappa shape index (κ2) is 5.02. The number of phenolic OH excluding ortho intramolecular Hbond substituents is 1. The van der Waals surface area contributed by atoms with Crippen LogP contribution in [0.2, 0.25) is 0 Å². The molecule has 82 valence electrons. The van der Waals surface area contributed by atoms with Gasteiger partial charge >= 0.3 is 0 Å². The SMILES string of the molecule is [CH2]CCC[CH]c1ccc(O)c2ccccc12. The topological polar surface area (TPSA) is 20.2 Å². The molecule has 0 aliphatic heterocycles. The summed E-state index contributed by atoms with van der Waals surface area (Å²) in [6.07, 6.45) is 5.33. The highest BCUT2D eigenvalue weighted by Crippen LogP contribution is 2.28. The van der Waals surface area contributed by atoms with Crippen LogP contribution in [0.3, 0.4) is 0 Å². The van der Waals surface area contributed by atoms with Crippen LogP contribution < -0.4 is 0 Å². The van der Waals surface area contributed by atoms with Crippen LogP contribution in [-0.2, 0) is 0 Å². The molecule has 2 rings (SSSR count). The molecule has 16 heavy (non-hydrogen) atoms. The number of benzene rings is 2. The molecule has 0 amide bonds. The molecule has 2 aromatic rings. The summed E-state index contributed by atoms with van der Waals surface area (Å²) >= 11 is 0. The first kappa shape index (κ1) is 11.0. The van der Waals surface area contributed by atoms with Crippen molar-refractivity contribution in [3.05, 3.63) is 55.3 Å². The van der Waals surface area contributed by atoms with Crippen molar-refractivity contribution >= 4 is 10.8 Å². The lowest BCUT2D eigenvalue weighted by atomic mass is 9.99. The normalized spacial score (nSPS) is 10.8. The zero-order valence-corrected chi connectivity index (χ0v) is 9.32. The van der Waals surface area contributed by atoms with Gasteiger partial charge in [-0.3, -0.25) is 0 Å². The monoisotopic (exact) mass is 212 g/mol. The zero-order chi connectivity index (χ0) is 11.4. The summed E-state index contributed by atoms with van der Waals surface area (Å²) < 4.78 is 0. The van der Waals surface area contributed by atoms with Crippen molar-refractivity contribution in [2.75, 3.05) is 0 Å². The maximum atomic E-state index is 9.74. The summed E-state index contributed by atoms with van der Waals surface area (Å²) in [5.74, 6) is 0.352. The van der Waals surface area contributed by atoms with Crippen molar-refractivity contribution in [2.45, 2.75) is 19.3 Å². The molecular formula is C15H16O. The first-order chi connectivity index (χ1) is 7.83. The molecule has 2 radical (unpaired) electrons. The quantitative estimate of drug-likeness (QED) is 0.756. The highest BCUT2D eigenvalue weighted by molar-refractivity contribution is 5.91. The van der Waals surface area contributed by atoms with Crippen molar-refractivity contribution in [1.29, 1.82) is 0 Å². The predicted octanol–water partition coefficient (Wildman–Crippen LogP) is 4.10. The van der Waals surface area contributed by atoms with Gasteiger partial charge < -0.3 is 5.11 Å². The molecule has 0 aromatic heterocycles. The number of hydrogen-bond donors (Lipinski definition) is 1. The van der Waals surface area contributed by atoms with E-state index in [-0.39, 0.29) is 0 Å². The fourth-order valence-electron chi connectivity index (χ4n) is 1.89. The lowest BCUT2D eigenvalue weighted by Crippen LogP contribution is -1.85. The van der Waals surface area contributed by atoms with E-state index in [1.165, 1.54) is 5.56 Å². The molecule has 0 aliphatic rings. The van der Waals surface area contributed by atoms with E-state index in [0.29, 0.717) is 5.75 Å². The number of aromatic hydroxyl groups is 1. The molecule has 0 saturated carbocycles. The van der Waals surface area contributed by atoms with Gasteiger partial charge in [-0.15, -0.1) is 0 Å². The average molecular weight is 212 g/mol. The molecule has 0 fully saturated rings. The molecule has 1 nitrogen and oxygen atoms in total. The Kier molecular flexibility index (Phi) is 3.45. The Balaban J connectivity index is 2.35. The van der Waals surface area contributed by atoms with Crippen molar-refractivity contribution < 1.29 is 5.11 Å². The third-order valence-electron chi connectivity index (χ3n) is 2.75. The van der Waals surface area contributed by atoms with Crippen LogP contribution >= 0.6 is 0 Å². The third-order valence-corrected chi connectivity index (χ3v) is 2.75. The van der Waals surface area contributed by atoms with Gasteiger partial charge in [0.1, 0.15) is 5.75 Å². The summed E-state index contributed by atoms with van der Waals surface area (Å²) in [6.45, 7) is 3.83. The third kappa shape index (κ3) is 2.19. The van der Waals surface area contributed by atoms with Gasteiger partial charge in [0, 0.05) is 5.39 Å². The Morgan fingerprint density at radius 3 is 2.56 bits per heavy atom. The molecular weight excluding hydrogens is 196 g/mol. The van der Waals surface area contributed by atoms with Crippen LogP contribution in [0, 0.1) is 13.3 Å². The van der Waals surface area contributed by atoms with Gasteiger partial charge in [-0.1, -0.05) is 50.1 Å². The smallest absolute Gasteiger partial charge is 0.123 e. The summed E-state index contributed by atoms with van der Waals surface area (Å²) in [5.41, 5.74) is 1.20. The summed E-state index contributed by atoms with van der Waals surface area (Å²) in [6, 6.07) is 11.7. The summed E-state index contributed by atoms with van der Waals surface area (Å²) in [7, 11) is 0. The second-order valence-electron chi connectivity index (χ2n) is 3.92. The summed E-state index contributed by atoms with van der Waals surface area (Å²) in [5, 5.41) is 11.8. The number of unbranched alkanes of at least 4 members (excludes halogenated alkanes) is 2. The Morgan fingerprint density at radius 2 is 1.81 bits per heavy atom. The van der Waals surface area contributed by atoms with Crippen molar-refractivity contribution in [1.82, 2.24) is 0 Å². The summed E-state index contributed by atoms with van der Waals surface area (Å²) in [4.78, 5) is 0. The van der Waals surface area contributed by atoms with Crippen LogP contribution in [-0.4, -0.2) is 5.11 Å². The van der Waals surface area contributed by atoms with E-state index in [9.17, 15) is 5.11 Å². The van der Waals surface area contributed by atoms with Crippen molar-refractivity contribution in [3.8, 4) is 5.75 Å². The fourth-order valence-corrected chi connectivity index (χ4v) is 1.89. The molecule has 0 atom stereocenters. The van der Waals surface area contributed by atoms with Crippen LogP contribution in [0.15, 0.2) is 36.4 Å². The second-order valence-corrected chi connectivity index (χ2v) is 3.92. The first-order valence-electron chi connectivity index (χ1n) is 5.66. The van der Waals surface area contributed by atoms with Gasteiger partial charge in [-0.25, -0.2) is 0 Å². The van der Waals surface area contributed by atoms with Gasteiger partial charge in [-0.05, 0) is 29.9 Å². The maximum absolute atomic E-state index is 9.74. The maximum Gasteiger partial charge on any atom is 0.123 e. The van der Waals surface area contributed by atoms with Gasteiger partial charge in [0.15, 0.2) is 0 Å². The highest BCUT2D eigenvalue weighted by Gasteiger charge is 2.04. The van der Waals surface area contributed by atoms with Crippen molar-refractivity contribution in [2.24, 2.45) is 0 Å². The zero-order valence-electron chi connectivity index (χ0n) is 9.32. The van der Waals surface area contributed by atoms with E-state index in [2.05, 4.69) is 13.3 Å². The van der Waals surface area contributed by atoms with Crippen LogP contribution in [0.25, 0.3) is 10.8 Å². The molecule has 2 aromatic carbocycles. The fraction of sp³-hybridized carbons (Fsp3) is 0.200. The van der Waals surface area contributed by atoms with E-state index in [4.69, 9.17) is 0 Å². The van der Waals surface area contributed by atoms with Gasteiger partial charge in [-0.2, -0.15) is 0 Å². The lowest BCUT2D eigenvalue weighted by molar-refractivity contribution is 0.481. The Hall–Kier alpha value is -1.50. The van der Waals surface area contributed by atoms with Crippen LogP contribution in [0.5, 0.6) is 5.75 Å². The van der Waals surface area contributed by atoms with Crippen LogP contribution in [0.1, 0.15) is 24.8 Å². The van der Waals surface area contributed by atoms with Gasteiger partial charge in [0.25, 0.3) is 0 Å². The van der Waals surface area contributed by atoms with E-state index in [1.807, 2.05) is 30.3 Å². The Morgan fingerprint density at radius 1 is 1.06 bits per heavy atom. The van der Waals surface area contributed by atoms with E-state index in [0.717, 1.165) is 30.0 Å². The minimum atomic E-state index is 0.352. The molecule has 0 bridgehead atoms. The lowest BCUT2D eigenvalue weighted by Gasteiger charge is -2.07. The average Bonchev–Trinajstić information content (AvgIpc) is 2.33. The minimum Gasteiger partial charge on any atom is -0.507 e. The number of hydrogen-bond acceptors (Lipinski definition) is 1. The standard InChI is InChI=1S/C15H16O/c1-2-3-4-7-12-10-11-15(16)14-9-6-5-8-13(12)14/h5-11,16H,1-4H2. The highest BCUT2D eigenvalue weighted by atomic mass is 16.3. The molecule has 0 spiro atoms. The minimum absolute atomic E-state index is 0.352.